The van der Waals surface area contributed by atoms with Crippen LogP contribution in [0.15, 0.2) is 4.99 Å². The molecule has 2 N–H and O–H groups in total. The topological polar surface area (TPSA) is 46.1 Å². The lowest BCUT2D eigenvalue weighted by molar-refractivity contribution is 0.161. The Bertz CT molecular complexity index is 437. The molecule has 172 valence electrons. The first-order valence-electron chi connectivity index (χ1n) is 11.7. The molecule has 2 aliphatic heterocycles. The number of guanidine groups is 1. The van der Waals surface area contributed by atoms with Crippen molar-refractivity contribution >= 4 is 29.9 Å². The fourth-order valence-corrected chi connectivity index (χ4v) is 4.47. The first-order chi connectivity index (χ1) is 13.6. The number of nitrogens with one attached hydrogen (secondary N) is 2. The van der Waals surface area contributed by atoms with Crippen LogP contribution in [0.25, 0.3) is 0 Å². The maximum Gasteiger partial charge on any atom is 0.191 e. The van der Waals surface area contributed by atoms with Crippen molar-refractivity contribution < 1.29 is 0 Å². The highest BCUT2D eigenvalue weighted by molar-refractivity contribution is 14.0. The number of rotatable bonds is 8. The quantitative estimate of drug-likeness (QED) is 0.222. The van der Waals surface area contributed by atoms with Gasteiger partial charge in [0, 0.05) is 39.3 Å². The van der Waals surface area contributed by atoms with E-state index in [1.54, 1.807) is 0 Å². The first-order valence-corrected chi connectivity index (χ1v) is 11.7. The zero-order valence-corrected chi connectivity index (χ0v) is 21.8. The number of hydrogen-bond donors (Lipinski definition) is 2. The third-order valence-corrected chi connectivity index (χ3v) is 6.34. The Balaban J connectivity index is 0.00000420. The molecular weight excluding hydrogens is 475 g/mol. The minimum absolute atomic E-state index is 0. The summed E-state index contributed by atoms with van der Waals surface area (Å²) in [5, 5.41) is 7.13. The minimum atomic E-state index is 0. The van der Waals surface area contributed by atoms with Crippen molar-refractivity contribution in [3.05, 3.63) is 0 Å². The van der Waals surface area contributed by atoms with Crippen molar-refractivity contribution in [3.63, 3.8) is 0 Å². The van der Waals surface area contributed by atoms with E-state index in [0.29, 0.717) is 12.0 Å². The molecule has 0 amide bonds. The lowest BCUT2D eigenvalue weighted by Gasteiger charge is -2.34. The Morgan fingerprint density at radius 2 is 1.62 bits per heavy atom. The Kier molecular flexibility index (Phi) is 14.5. The fourth-order valence-electron chi connectivity index (χ4n) is 4.47. The molecule has 0 bridgehead atoms. The van der Waals surface area contributed by atoms with Crippen LogP contribution in [0.1, 0.15) is 52.4 Å². The molecule has 7 heteroatoms. The summed E-state index contributed by atoms with van der Waals surface area (Å²) in [7, 11) is 4.12. The number of likely N-dealkylation sites (tertiary alicyclic amines) is 1. The highest BCUT2D eigenvalue weighted by Crippen LogP contribution is 2.17. The molecule has 0 aliphatic carbocycles. The molecule has 2 saturated heterocycles. The first kappa shape index (κ1) is 26.9. The highest BCUT2D eigenvalue weighted by Gasteiger charge is 2.22. The summed E-state index contributed by atoms with van der Waals surface area (Å²) in [5.74, 6) is 1.61. The zero-order chi connectivity index (χ0) is 20.2. The Labute approximate surface area is 197 Å². The van der Waals surface area contributed by atoms with Gasteiger partial charge in [0.1, 0.15) is 0 Å². The SMILES string of the molecule is CN=C(NCCCN1CCCN(C)CC1)NCC(C(C)C)N1CCCCCC1.I. The average molecular weight is 523 g/mol. The lowest BCUT2D eigenvalue weighted by Crippen LogP contribution is -2.50. The Hall–Kier alpha value is -0.120. The van der Waals surface area contributed by atoms with Crippen LogP contribution in [-0.2, 0) is 0 Å². The second-order valence-electron chi connectivity index (χ2n) is 8.99. The Morgan fingerprint density at radius 1 is 0.897 bits per heavy atom. The van der Waals surface area contributed by atoms with Gasteiger partial charge in [-0.2, -0.15) is 0 Å². The van der Waals surface area contributed by atoms with Crippen LogP contribution in [0.2, 0.25) is 0 Å². The number of halogens is 1. The predicted molar refractivity (Wildman–Crippen MR) is 137 cm³/mol. The molecule has 0 saturated carbocycles. The summed E-state index contributed by atoms with van der Waals surface area (Å²) >= 11 is 0. The zero-order valence-electron chi connectivity index (χ0n) is 19.5. The molecule has 2 fully saturated rings. The van der Waals surface area contributed by atoms with Gasteiger partial charge in [-0.1, -0.05) is 26.7 Å². The van der Waals surface area contributed by atoms with E-state index >= 15 is 0 Å². The molecule has 0 radical (unpaired) electrons. The molecule has 2 heterocycles. The van der Waals surface area contributed by atoms with E-state index in [2.05, 4.69) is 51.2 Å². The van der Waals surface area contributed by atoms with Gasteiger partial charge in [-0.15, -0.1) is 24.0 Å². The van der Waals surface area contributed by atoms with Crippen molar-refractivity contribution in [2.45, 2.75) is 58.4 Å². The van der Waals surface area contributed by atoms with Gasteiger partial charge in [-0.3, -0.25) is 9.89 Å². The molecule has 2 rings (SSSR count). The summed E-state index contributed by atoms with van der Waals surface area (Å²) in [4.78, 5) is 12.2. The molecule has 0 aromatic heterocycles. The van der Waals surface area contributed by atoms with E-state index in [1.165, 1.54) is 84.3 Å². The normalized spacial score (nSPS) is 21.9. The van der Waals surface area contributed by atoms with Crippen LogP contribution in [0.5, 0.6) is 0 Å². The number of likely N-dealkylation sites (N-methyl/N-ethyl adjacent to an activating group) is 1. The summed E-state index contributed by atoms with van der Waals surface area (Å²) < 4.78 is 0. The van der Waals surface area contributed by atoms with E-state index in [9.17, 15) is 0 Å². The summed E-state index contributed by atoms with van der Waals surface area (Å²) in [6.45, 7) is 15.2. The standard InChI is InChI=1S/C22H46N6.HI/c1-20(2)21(28-15-7-5-6-8-16-28)19-25-22(23-3)24-11-9-13-27-14-10-12-26(4)17-18-27;/h20-21H,5-19H2,1-4H3,(H2,23,24,25);1H. The van der Waals surface area contributed by atoms with Crippen LogP contribution < -0.4 is 10.6 Å². The van der Waals surface area contributed by atoms with E-state index < -0.39 is 0 Å². The van der Waals surface area contributed by atoms with Gasteiger partial charge in [-0.25, -0.2) is 0 Å². The van der Waals surface area contributed by atoms with Crippen molar-refractivity contribution in [1.29, 1.82) is 0 Å². The van der Waals surface area contributed by atoms with E-state index in [4.69, 9.17) is 0 Å². The van der Waals surface area contributed by atoms with Crippen molar-refractivity contribution in [2.75, 3.05) is 73.0 Å². The largest absolute Gasteiger partial charge is 0.356 e. The fraction of sp³-hybridized carbons (Fsp3) is 0.955. The maximum atomic E-state index is 4.45. The second-order valence-corrected chi connectivity index (χ2v) is 8.99. The van der Waals surface area contributed by atoms with Crippen LogP contribution in [0.3, 0.4) is 0 Å². The van der Waals surface area contributed by atoms with Gasteiger partial charge < -0.3 is 20.4 Å². The summed E-state index contributed by atoms with van der Waals surface area (Å²) in [5.41, 5.74) is 0. The maximum absolute atomic E-state index is 4.45. The van der Waals surface area contributed by atoms with Gasteiger partial charge in [0.2, 0.25) is 0 Å². The van der Waals surface area contributed by atoms with E-state index in [-0.39, 0.29) is 24.0 Å². The van der Waals surface area contributed by atoms with Gasteiger partial charge in [0.05, 0.1) is 0 Å². The molecule has 0 aromatic rings. The minimum Gasteiger partial charge on any atom is -0.356 e. The molecule has 1 unspecified atom stereocenters. The lowest BCUT2D eigenvalue weighted by atomic mass is 10.0. The molecule has 0 aromatic carbocycles. The van der Waals surface area contributed by atoms with Crippen molar-refractivity contribution in [1.82, 2.24) is 25.3 Å². The van der Waals surface area contributed by atoms with Crippen LogP contribution in [-0.4, -0.2) is 99.7 Å². The summed E-state index contributed by atoms with van der Waals surface area (Å²) in [6, 6.07) is 0.589. The van der Waals surface area contributed by atoms with Crippen LogP contribution >= 0.6 is 24.0 Å². The molecule has 0 spiro atoms. The third kappa shape index (κ3) is 10.6. The van der Waals surface area contributed by atoms with E-state index in [0.717, 1.165) is 19.0 Å². The molecule has 2 aliphatic rings. The molecular formula is C22H47IN6. The third-order valence-electron chi connectivity index (χ3n) is 6.34. The van der Waals surface area contributed by atoms with Crippen molar-refractivity contribution in [3.8, 4) is 0 Å². The molecule has 29 heavy (non-hydrogen) atoms. The number of hydrogen-bond acceptors (Lipinski definition) is 4. The van der Waals surface area contributed by atoms with Gasteiger partial charge in [0.15, 0.2) is 5.96 Å². The smallest absolute Gasteiger partial charge is 0.191 e. The van der Waals surface area contributed by atoms with Gasteiger partial charge in [-0.05, 0) is 71.4 Å². The number of aliphatic imine (C=N–C) groups is 1. The monoisotopic (exact) mass is 522 g/mol. The highest BCUT2D eigenvalue weighted by atomic mass is 127. The van der Waals surface area contributed by atoms with Crippen LogP contribution in [0.4, 0.5) is 0 Å². The second kappa shape index (κ2) is 15.6. The van der Waals surface area contributed by atoms with Crippen molar-refractivity contribution in [2.24, 2.45) is 10.9 Å². The van der Waals surface area contributed by atoms with Crippen LogP contribution in [0, 0.1) is 5.92 Å². The average Bonchev–Trinajstić information content (AvgIpc) is 3.06. The van der Waals surface area contributed by atoms with Gasteiger partial charge in [0.25, 0.3) is 0 Å². The molecule has 1 atom stereocenters. The van der Waals surface area contributed by atoms with E-state index in [1.807, 2.05) is 7.05 Å². The molecule has 6 nitrogen and oxygen atoms in total. The summed E-state index contributed by atoms with van der Waals surface area (Å²) in [6.07, 6.45) is 7.95. The predicted octanol–water partition coefficient (Wildman–Crippen LogP) is 2.70. The Morgan fingerprint density at radius 3 is 2.28 bits per heavy atom. The van der Waals surface area contributed by atoms with Gasteiger partial charge >= 0.3 is 0 Å². The number of nitrogens with zero attached hydrogens (tertiary/aromatic N) is 4.